The maximum atomic E-state index is 4.44. The molecular formula is C15H16N4. The molecule has 0 aliphatic heterocycles. The molecule has 0 saturated heterocycles. The normalized spacial score (nSPS) is 11.1. The van der Waals surface area contributed by atoms with E-state index in [9.17, 15) is 0 Å². The topological polar surface area (TPSA) is 46.5 Å². The minimum Gasteiger partial charge on any atom is -0.328 e. The number of benzene rings is 1. The third-order valence-corrected chi connectivity index (χ3v) is 3.20. The quantitative estimate of drug-likeness (QED) is 0.775. The predicted molar refractivity (Wildman–Crippen MR) is 75.6 cm³/mol. The second kappa shape index (κ2) is 4.72. The first kappa shape index (κ1) is 11.7. The Morgan fingerprint density at radius 1 is 1.05 bits per heavy atom. The Balaban J connectivity index is 1.97. The summed E-state index contributed by atoms with van der Waals surface area (Å²) >= 11 is 0. The van der Waals surface area contributed by atoms with E-state index in [0.29, 0.717) is 6.04 Å². The fraction of sp³-hybridized carbons (Fsp3) is 0.200. The lowest BCUT2D eigenvalue weighted by atomic mass is 10.1. The highest BCUT2D eigenvalue weighted by atomic mass is 15.1. The largest absolute Gasteiger partial charge is 0.328 e. The molecule has 3 aromatic rings. The highest BCUT2D eigenvalue weighted by Gasteiger charge is 2.08. The molecule has 0 radical (unpaired) electrons. The molecule has 4 nitrogen and oxygen atoms in total. The first-order valence-electron chi connectivity index (χ1n) is 6.38. The molecule has 3 rings (SSSR count). The number of imidazole rings is 1. The van der Waals surface area contributed by atoms with Crippen LogP contribution in [0.3, 0.4) is 0 Å². The summed E-state index contributed by atoms with van der Waals surface area (Å²) in [4.78, 5) is 4.44. The molecule has 19 heavy (non-hydrogen) atoms. The summed E-state index contributed by atoms with van der Waals surface area (Å²) in [5.41, 5.74) is 3.38. The molecule has 0 unspecified atom stereocenters. The summed E-state index contributed by atoms with van der Waals surface area (Å²) in [6, 6.07) is 8.80. The molecular weight excluding hydrogens is 236 g/mol. The Hall–Kier alpha value is -2.36. The first-order chi connectivity index (χ1) is 9.25. The number of H-pyrrole nitrogens is 1. The van der Waals surface area contributed by atoms with E-state index >= 15 is 0 Å². The van der Waals surface area contributed by atoms with Gasteiger partial charge in [-0.2, -0.15) is 5.10 Å². The van der Waals surface area contributed by atoms with Crippen LogP contribution < -0.4 is 0 Å². The van der Waals surface area contributed by atoms with E-state index in [4.69, 9.17) is 0 Å². The van der Waals surface area contributed by atoms with E-state index in [1.54, 1.807) is 0 Å². The number of nitrogens with one attached hydrogen (secondary N) is 1. The van der Waals surface area contributed by atoms with Crippen molar-refractivity contribution in [2.75, 3.05) is 0 Å². The zero-order valence-corrected chi connectivity index (χ0v) is 11.0. The van der Waals surface area contributed by atoms with Crippen molar-refractivity contribution >= 4 is 0 Å². The highest BCUT2D eigenvalue weighted by Crippen LogP contribution is 2.24. The van der Waals surface area contributed by atoms with Crippen LogP contribution in [0.2, 0.25) is 0 Å². The summed E-state index contributed by atoms with van der Waals surface area (Å²) in [5, 5.41) is 6.79. The molecule has 4 heteroatoms. The number of aromatic nitrogens is 4. The van der Waals surface area contributed by atoms with Crippen molar-refractivity contribution in [2.45, 2.75) is 19.9 Å². The van der Waals surface area contributed by atoms with Crippen molar-refractivity contribution in [1.82, 2.24) is 19.7 Å². The van der Waals surface area contributed by atoms with Crippen LogP contribution in [-0.2, 0) is 0 Å². The smallest absolute Gasteiger partial charge is 0.140 e. The van der Waals surface area contributed by atoms with Crippen LogP contribution in [0.1, 0.15) is 19.9 Å². The average Bonchev–Trinajstić information content (AvgIpc) is 3.10. The van der Waals surface area contributed by atoms with E-state index in [1.165, 1.54) is 0 Å². The van der Waals surface area contributed by atoms with Crippen LogP contribution >= 0.6 is 0 Å². The standard InChI is InChI=1S/C15H16N4/c1-11(2)19-8-7-16-15(19)13-5-3-12(4-6-13)14-9-17-18-10-14/h3-11H,1-2H3,(H,17,18). The van der Waals surface area contributed by atoms with Gasteiger partial charge in [0.15, 0.2) is 0 Å². The van der Waals surface area contributed by atoms with E-state index in [0.717, 1.165) is 22.5 Å². The van der Waals surface area contributed by atoms with Crippen LogP contribution in [-0.4, -0.2) is 19.7 Å². The van der Waals surface area contributed by atoms with Crippen molar-refractivity contribution in [1.29, 1.82) is 0 Å². The van der Waals surface area contributed by atoms with Gasteiger partial charge in [-0.3, -0.25) is 5.10 Å². The number of hydrogen-bond donors (Lipinski definition) is 1. The summed E-state index contributed by atoms with van der Waals surface area (Å²) in [6.45, 7) is 4.32. The van der Waals surface area contributed by atoms with Gasteiger partial charge in [-0.05, 0) is 19.4 Å². The lowest BCUT2D eigenvalue weighted by molar-refractivity contribution is 0.606. The first-order valence-corrected chi connectivity index (χ1v) is 6.38. The van der Waals surface area contributed by atoms with Gasteiger partial charge < -0.3 is 4.57 Å². The van der Waals surface area contributed by atoms with Crippen LogP contribution in [0.4, 0.5) is 0 Å². The summed E-state index contributed by atoms with van der Waals surface area (Å²) < 4.78 is 2.17. The molecule has 96 valence electrons. The average molecular weight is 252 g/mol. The molecule has 0 spiro atoms. The van der Waals surface area contributed by atoms with E-state index < -0.39 is 0 Å². The molecule has 1 N–H and O–H groups in total. The Labute approximate surface area is 112 Å². The van der Waals surface area contributed by atoms with E-state index in [-0.39, 0.29) is 0 Å². The molecule has 0 bridgehead atoms. The van der Waals surface area contributed by atoms with Crippen LogP contribution in [0.5, 0.6) is 0 Å². The predicted octanol–water partition coefficient (Wildman–Crippen LogP) is 3.52. The maximum Gasteiger partial charge on any atom is 0.140 e. The number of rotatable bonds is 3. The second-order valence-electron chi connectivity index (χ2n) is 4.82. The molecule has 0 fully saturated rings. The summed E-state index contributed by atoms with van der Waals surface area (Å²) in [5.74, 6) is 1.01. The molecule has 0 atom stereocenters. The van der Waals surface area contributed by atoms with Crippen molar-refractivity contribution in [3.8, 4) is 22.5 Å². The minimum atomic E-state index is 0.408. The van der Waals surface area contributed by atoms with E-state index in [2.05, 4.69) is 57.9 Å². The summed E-state index contributed by atoms with van der Waals surface area (Å²) in [6.07, 6.45) is 7.58. The Morgan fingerprint density at radius 3 is 2.42 bits per heavy atom. The molecule has 2 heterocycles. The van der Waals surface area contributed by atoms with Gasteiger partial charge in [0.1, 0.15) is 5.82 Å². The summed E-state index contributed by atoms with van der Waals surface area (Å²) in [7, 11) is 0. The fourth-order valence-corrected chi connectivity index (χ4v) is 2.17. The third kappa shape index (κ3) is 2.17. The van der Waals surface area contributed by atoms with Gasteiger partial charge in [-0.1, -0.05) is 24.3 Å². The molecule has 0 aliphatic rings. The molecule has 1 aromatic carbocycles. The van der Waals surface area contributed by atoms with Crippen LogP contribution in [0.15, 0.2) is 49.1 Å². The third-order valence-electron chi connectivity index (χ3n) is 3.20. The Kier molecular flexibility index (Phi) is 2.91. The zero-order valence-electron chi connectivity index (χ0n) is 11.0. The van der Waals surface area contributed by atoms with Gasteiger partial charge in [0, 0.05) is 35.8 Å². The Bertz CT molecular complexity index is 648. The van der Waals surface area contributed by atoms with Gasteiger partial charge >= 0.3 is 0 Å². The fourth-order valence-electron chi connectivity index (χ4n) is 2.17. The van der Waals surface area contributed by atoms with Crippen LogP contribution in [0.25, 0.3) is 22.5 Å². The molecule has 2 aromatic heterocycles. The highest BCUT2D eigenvalue weighted by molar-refractivity contribution is 5.66. The molecule has 0 saturated carbocycles. The van der Waals surface area contributed by atoms with Gasteiger partial charge in [-0.15, -0.1) is 0 Å². The lowest BCUT2D eigenvalue weighted by Crippen LogP contribution is -2.01. The number of hydrogen-bond acceptors (Lipinski definition) is 2. The van der Waals surface area contributed by atoms with Gasteiger partial charge in [0.25, 0.3) is 0 Å². The van der Waals surface area contributed by atoms with E-state index in [1.807, 2.05) is 24.8 Å². The van der Waals surface area contributed by atoms with Gasteiger partial charge in [0.05, 0.1) is 6.20 Å². The van der Waals surface area contributed by atoms with Crippen LogP contribution in [0, 0.1) is 0 Å². The number of nitrogens with zero attached hydrogens (tertiary/aromatic N) is 3. The van der Waals surface area contributed by atoms with Crippen molar-refractivity contribution in [3.05, 3.63) is 49.1 Å². The minimum absolute atomic E-state index is 0.408. The maximum absolute atomic E-state index is 4.44. The zero-order chi connectivity index (χ0) is 13.2. The Morgan fingerprint density at radius 2 is 1.79 bits per heavy atom. The second-order valence-corrected chi connectivity index (χ2v) is 4.82. The van der Waals surface area contributed by atoms with Gasteiger partial charge in [0.2, 0.25) is 0 Å². The van der Waals surface area contributed by atoms with Crippen molar-refractivity contribution in [2.24, 2.45) is 0 Å². The molecule has 0 aliphatic carbocycles. The number of aromatic amines is 1. The monoisotopic (exact) mass is 252 g/mol. The lowest BCUT2D eigenvalue weighted by Gasteiger charge is -2.11. The molecule has 0 amide bonds. The van der Waals surface area contributed by atoms with Crippen molar-refractivity contribution in [3.63, 3.8) is 0 Å². The van der Waals surface area contributed by atoms with Crippen molar-refractivity contribution < 1.29 is 0 Å². The SMILES string of the molecule is CC(C)n1ccnc1-c1ccc(-c2cn[nH]c2)cc1. The van der Waals surface area contributed by atoms with Gasteiger partial charge in [-0.25, -0.2) is 4.98 Å².